The fourth-order valence-electron chi connectivity index (χ4n) is 2.10. The summed E-state index contributed by atoms with van der Waals surface area (Å²) in [6.07, 6.45) is 0. The van der Waals surface area contributed by atoms with Gasteiger partial charge in [-0.1, -0.05) is 30.4 Å². The van der Waals surface area contributed by atoms with E-state index in [9.17, 15) is 4.79 Å². The molecular weight excluding hydrogens is 328 g/mol. The molecule has 0 aliphatic carbocycles. The summed E-state index contributed by atoms with van der Waals surface area (Å²) in [6.45, 7) is 6.01. The third-order valence-electron chi connectivity index (χ3n) is 3.27. The van der Waals surface area contributed by atoms with Crippen molar-refractivity contribution in [2.75, 3.05) is 32.1 Å². The molecule has 0 atom stereocenters. The average molecular weight is 350 g/mol. The fraction of sp³-hybridized carbons (Fsp3) is 0.438. The Balaban J connectivity index is 1.92. The maximum absolute atomic E-state index is 12.3. The van der Waals surface area contributed by atoms with Gasteiger partial charge in [0.25, 0.3) is 5.19 Å². The lowest BCUT2D eigenvalue weighted by Crippen LogP contribution is -2.32. The molecule has 0 bridgehead atoms. The Labute approximate surface area is 145 Å². The molecule has 1 aromatic carbocycles. The molecule has 0 saturated heterocycles. The minimum atomic E-state index is -0.101. The zero-order chi connectivity index (χ0) is 17.4. The van der Waals surface area contributed by atoms with Gasteiger partial charge in [0.2, 0.25) is 5.91 Å². The highest BCUT2D eigenvalue weighted by molar-refractivity contribution is 7.13. The normalized spacial score (nSPS) is 10.7. The van der Waals surface area contributed by atoms with Gasteiger partial charge in [-0.15, -0.1) is 10.2 Å². The van der Waals surface area contributed by atoms with Crippen LogP contribution in [0.3, 0.4) is 0 Å². The van der Waals surface area contributed by atoms with E-state index in [0.29, 0.717) is 29.8 Å². The molecule has 0 radical (unpaired) electrons. The van der Waals surface area contributed by atoms with Crippen molar-refractivity contribution in [3.8, 4) is 10.9 Å². The van der Waals surface area contributed by atoms with Crippen molar-refractivity contribution in [2.24, 2.45) is 0 Å². The van der Waals surface area contributed by atoms with Crippen LogP contribution in [0.5, 0.6) is 10.9 Å². The van der Waals surface area contributed by atoms with Crippen molar-refractivity contribution in [3.05, 3.63) is 29.3 Å². The number of benzene rings is 1. The van der Waals surface area contributed by atoms with Crippen LogP contribution >= 0.6 is 11.3 Å². The minimum absolute atomic E-state index is 0.101. The van der Waals surface area contributed by atoms with Gasteiger partial charge in [0.15, 0.2) is 0 Å². The van der Waals surface area contributed by atoms with E-state index >= 15 is 0 Å². The van der Waals surface area contributed by atoms with E-state index in [1.54, 1.807) is 7.11 Å². The van der Waals surface area contributed by atoms with E-state index in [0.717, 1.165) is 11.6 Å². The number of nitrogens with zero attached hydrogens (tertiary/aromatic N) is 3. The van der Waals surface area contributed by atoms with Crippen LogP contribution in [0, 0.1) is 0 Å². The highest BCUT2D eigenvalue weighted by atomic mass is 32.1. The predicted molar refractivity (Wildman–Crippen MR) is 93.7 cm³/mol. The van der Waals surface area contributed by atoms with Gasteiger partial charge in [0.1, 0.15) is 10.8 Å². The molecular formula is C16H22N4O3S. The molecule has 130 valence electrons. The number of nitrogens with one attached hydrogen (secondary N) is 1. The minimum Gasteiger partial charge on any atom is -0.495 e. The topological polar surface area (TPSA) is 76.6 Å². The number of aromatic nitrogens is 2. The number of hydrogen-bond acceptors (Lipinski definition) is 7. The van der Waals surface area contributed by atoms with Crippen molar-refractivity contribution in [2.45, 2.75) is 20.4 Å². The summed E-state index contributed by atoms with van der Waals surface area (Å²) < 4.78 is 10.6. The van der Waals surface area contributed by atoms with Crippen LogP contribution in [0.15, 0.2) is 24.3 Å². The molecule has 7 nitrogen and oxygen atoms in total. The van der Waals surface area contributed by atoms with Gasteiger partial charge in [-0.05, 0) is 25.6 Å². The molecule has 2 aromatic rings. The number of rotatable bonds is 9. The Hall–Kier alpha value is -2.19. The summed E-state index contributed by atoms with van der Waals surface area (Å²) >= 11 is 1.40. The molecule has 0 aliphatic rings. The summed E-state index contributed by atoms with van der Waals surface area (Å²) in [5, 5.41) is 12.3. The highest BCUT2D eigenvalue weighted by Gasteiger charge is 2.14. The Kier molecular flexibility index (Phi) is 6.95. The van der Waals surface area contributed by atoms with Gasteiger partial charge in [-0.2, -0.15) is 0 Å². The largest absolute Gasteiger partial charge is 0.495 e. The molecule has 1 amide bonds. The summed E-state index contributed by atoms with van der Waals surface area (Å²) in [6, 6.07) is 7.33. The summed E-state index contributed by atoms with van der Waals surface area (Å²) in [4.78, 5) is 14.3. The van der Waals surface area contributed by atoms with Crippen LogP contribution in [0.25, 0.3) is 0 Å². The summed E-state index contributed by atoms with van der Waals surface area (Å²) in [5.41, 5.74) is 0.663. The van der Waals surface area contributed by atoms with Gasteiger partial charge in [-0.25, -0.2) is 0 Å². The number of hydrogen-bond donors (Lipinski definition) is 1. The summed E-state index contributed by atoms with van der Waals surface area (Å²) in [7, 11) is 1.58. The first-order chi connectivity index (χ1) is 11.7. The molecule has 0 aliphatic heterocycles. The fourth-order valence-corrected chi connectivity index (χ4v) is 2.88. The van der Waals surface area contributed by atoms with E-state index in [1.165, 1.54) is 11.3 Å². The predicted octanol–water partition coefficient (Wildman–Crippen LogP) is 2.41. The van der Waals surface area contributed by atoms with E-state index in [2.05, 4.69) is 15.5 Å². The van der Waals surface area contributed by atoms with Crippen LogP contribution in [-0.2, 0) is 11.3 Å². The second-order valence-electron chi connectivity index (χ2n) is 4.95. The van der Waals surface area contributed by atoms with Gasteiger partial charge < -0.3 is 14.8 Å². The van der Waals surface area contributed by atoms with Gasteiger partial charge >= 0.3 is 0 Å². The SMILES string of the molecule is CCOc1nnc(CN(CC)CC(=O)Nc2ccccc2OC)s1. The second-order valence-corrected chi connectivity index (χ2v) is 5.97. The third kappa shape index (κ3) is 5.17. The van der Waals surface area contributed by atoms with Crippen molar-refractivity contribution in [3.63, 3.8) is 0 Å². The maximum Gasteiger partial charge on any atom is 0.294 e. The van der Waals surface area contributed by atoms with Crippen molar-refractivity contribution in [1.82, 2.24) is 15.1 Å². The number of para-hydroxylation sites is 2. The number of methoxy groups -OCH3 is 1. The first-order valence-electron chi connectivity index (χ1n) is 7.76. The number of anilines is 1. The number of likely N-dealkylation sites (N-methyl/N-ethyl adjacent to an activating group) is 1. The molecule has 0 saturated carbocycles. The van der Waals surface area contributed by atoms with Crippen LogP contribution in [-0.4, -0.2) is 47.8 Å². The smallest absolute Gasteiger partial charge is 0.294 e. The molecule has 24 heavy (non-hydrogen) atoms. The molecule has 1 aromatic heterocycles. The molecule has 0 spiro atoms. The average Bonchev–Trinajstić information content (AvgIpc) is 3.02. The standard InChI is InChI=1S/C16H22N4O3S/c1-4-20(11-15-18-19-16(24-15)23-5-2)10-14(21)17-12-8-6-7-9-13(12)22-3/h6-9H,4-5,10-11H2,1-3H3,(H,17,21). The number of carbonyl (C=O) groups is 1. The van der Waals surface area contributed by atoms with E-state index in [4.69, 9.17) is 9.47 Å². The maximum atomic E-state index is 12.3. The lowest BCUT2D eigenvalue weighted by molar-refractivity contribution is -0.117. The Bertz CT molecular complexity index is 662. The molecule has 1 N–H and O–H groups in total. The number of carbonyl (C=O) groups excluding carboxylic acids is 1. The van der Waals surface area contributed by atoms with Crippen LogP contribution < -0.4 is 14.8 Å². The van der Waals surface area contributed by atoms with Gasteiger partial charge in [0, 0.05) is 0 Å². The van der Waals surface area contributed by atoms with E-state index in [1.807, 2.05) is 43.0 Å². The molecule has 0 fully saturated rings. The zero-order valence-corrected chi connectivity index (χ0v) is 14.9. The van der Waals surface area contributed by atoms with Gasteiger partial charge in [-0.3, -0.25) is 9.69 Å². The summed E-state index contributed by atoms with van der Waals surface area (Å²) in [5.74, 6) is 0.537. The van der Waals surface area contributed by atoms with Crippen molar-refractivity contribution in [1.29, 1.82) is 0 Å². The second kappa shape index (κ2) is 9.19. The lowest BCUT2D eigenvalue weighted by Gasteiger charge is -2.18. The van der Waals surface area contributed by atoms with Crippen molar-refractivity contribution < 1.29 is 14.3 Å². The van der Waals surface area contributed by atoms with Crippen LogP contribution in [0.1, 0.15) is 18.9 Å². The monoisotopic (exact) mass is 350 g/mol. The van der Waals surface area contributed by atoms with Crippen LogP contribution in [0.4, 0.5) is 5.69 Å². The van der Waals surface area contributed by atoms with Crippen LogP contribution in [0.2, 0.25) is 0 Å². The van der Waals surface area contributed by atoms with Gasteiger partial charge in [0.05, 0.1) is 32.5 Å². The van der Waals surface area contributed by atoms with E-state index < -0.39 is 0 Å². The van der Waals surface area contributed by atoms with E-state index in [-0.39, 0.29) is 12.5 Å². The third-order valence-corrected chi connectivity index (χ3v) is 4.09. The molecule has 1 heterocycles. The Morgan fingerprint density at radius 3 is 2.79 bits per heavy atom. The molecule has 0 unspecified atom stereocenters. The Morgan fingerprint density at radius 1 is 1.29 bits per heavy atom. The number of ether oxygens (including phenoxy) is 2. The highest BCUT2D eigenvalue weighted by Crippen LogP contribution is 2.23. The molecule has 8 heteroatoms. The lowest BCUT2D eigenvalue weighted by atomic mass is 10.3. The quantitative estimate of drug-likeness (QED) is 0.748. The number of amides is 1. The Morgan fingerprint density at radius 2 is 2.08 bits per heavy atom. The zero-order valence-electron chi connectivity index (χ0n) is 14.1. The molecule has 2 rings (SSSR count). The van der Waals surface area contributed by atoms with Crippen molar-refractivity contribution >= 4 is 22.9 Å². The first kappa shape index (κ1) is 18.2. The first-order valence-corrected chi connectivity index (χ1v) is 8.58.